The molecule has 1 atom stereocenters. The molecule has 2 saturated heterocycles. The first-order valence-corrected chi connectivity index (χ1v) is 19.4. The first-order valence-electron chi connectivity index (χ1n) is 19.4. The summed E-state index contributed by atoms with van der Waals surface area (Å²) in [6, 6.07) is 14.0. The summed E-state index contributed by atoms with van der Waals surface area (Å²) >= 11 is 0. The fourth-order valence-electron chi connectivity index (χ4n) is 7.51. The lowest BCUT2D eigenvalue weighted by atomic mass is 9.84. The minimum absolute atomic E-state index is 0.0721. The molecule has 1 aromatic heterocycles. The van der Waals surface area contributed by atoms with Gasteiger partial charge in [-0.05, 0) is 99.7 Å². The van der Waals surface area contributed by atoms with Gasteiger partial charge in [-0.15, -0.1) is 0 Å². The fraction of sp³-hybridized carbons (Fsp3) is 0.524. The third kappa shape index (κ3) is 10.9. The van der Waals surface area contributed by atoms with Gasteiger partial charge in [0.25, 0.3) is 0 Å². The van der Waals surface area contributed by atoms with Crippen LogP contribution in [0.2, 0.25) is 0 Å². The molecule has 1 N–H and O–H groups in total. The van der Waals surface area contributed by atoms with Crippen LogP contribution in [0.25, 0.3) is 11.0 Å². The van der Waals surface area contributed by atoms with E-state index < -0.39 is 23.5 Å². The lowest BCUT2D eigenvalue weighted by Crippen LogP contribution is -2.42. The summed E-state index contributed by atoms with van der Waals surface area (Å²) in [7, 11) is 4.81. The van der Waals surface area contributed by atoms with Crippen LogP contribution in [0.3, 0.4) is 0 Å². The molecule has 16 heteroatoms. The zero-order valence-electron chi connectivity index (χ0n) is 33.9. The first-order chi connectivity index (χ1) is 27.5. The molecule has 318 valence electrons. The second-order valence-corrected chi connectivity index (χ2v) is 14.9. The Hall–Kier alpha value is -4.70. The van der Waals surface area contributed by atoms with E-state index >= 15 is 0 Å². The van der Waals surface area contributed by atoms with E-state index in [0.29, 0.717) is 55.2 Å². The van der Waals surface area contributed by atoms with Gasteiger partial charge in [-0.2, -0.15) is 26.3 Å². The molecule has 0 aliphatic carbocycles. The molecule has 4 aromatic rings. The van der Waals surface area contributed by atoms with Crippen molar-refractivity contribution in [2.45, 2.75) is 77.9 Å². The highest BCUT2D eigenvalue weighted by Crippen LogP contribution is 2.41. The van der Waals surface area contributed by atoms with Crippen molar-refractivity contribution in [1.82, 2.24) is 19.4 Å². The number of carbonyl (C=O) groups is 1. The van der Waals surface area contributed by atoms with E-state index in [2.05, 4.69) is 39.9 Å². The second kappa shape index (κ2) is 18.9. The van der Waals surface area contributed by atoms with E-state index in [1.165, 1.54) is 6.92 Å². The average molecular weight is 822 g/mol. The number of anilines is 1. The molecule has 2 aliphatic heterocycles. The van der Waals surface area contributed by atoms with Gasteiger partial charge in [0.2, 0.25) is 17.6 Å². The van der Waals surface area contributed by atoms with Gasteiger partial charge in [-0.1, -0.05) is 19.1 Å². The van der Waals surface area contributed by atoms with Crippen LogP contribution in [-0.4, -0.2) is 92.0 Å². The van der Waals surface area contributed by atoms with Crippen molar-refractivity contribution in [1.29, 1.82) is 0 Å². The highest BCUT2D eigenvalue weighted by molar-refractivity contribution is 5.84. The second-order valence-electron chi connectivity index (χ2n) is 14.9. The molecule has 0 bridgehead atoms. The number of nitrogens with zero attached hydrogens (tertiary/aromatic N) is 4. The van der Waals surface area contributed by atoms with Crippen LogP contribution in [0.5, 0.6) is 17.2 Å². The molecule has 0 radical (unpaired) electrons. The smallest absolute Gasteiger partial charge is 0.416 e. The molecule has 1 unspecified atom stereocenters. The third-order valence-corrected chi connectivity index (χ3v) is 10.8. The number of rotatable bonds is 14. The Balaban J connectivity index is 0.000000360. The number of para-hydroxylation sites is 2. The number of methoxy groups -OCH3 is 3. The number of amides is 1. The summed E-state index contributed by atoms with van der Waals surface area (Å²) in [6.45, 7) is 11.7. The van der Waals surface area contributed by atoms with Gasteiger partial charge in [0.15, 0.2) is 11.5 Å². The van der Waals surface area contributed by atoms with Crippen LogP contribution in [0.15, 0.2) is 54.6 Å². The minimum Gasteiger partial charge on any atom is -0.493 e. The summed E-state index contributed by atoms with van der Waals surface area (Å²) < 4.78 is 97.4. The highest BCUT2D eigenvalue weighted by atomic mass is 19.4. The zero-order chi connectivity index (χ0) is 42.3. The van der Waals surface area contributed by atoms with Crippen molar-refractivity contribution in [3.63, 3.8) is 0 Å². The molecule has 3 aromatic carbocycles. The van der Waals surface area contributed by atoms with Gasteiger partial charge < -0.3 is 38.6 Å². The van der Waals surface area contributed by atoms with Crippen molar-refractivity contribution in [2.24, 2.45) is 5.41 Å². The predicted molar refractivity (Wildman–Crippen MR) is 209 cm³/mol. The van der Waals surface area contributed by atoms with E-state index in [9.17, 15) is 31.1 Å². The van der Waals surface area contributed by atoms with Gasteiger partial charge in [-0.25, -0.2) is 4.98 Å². The number of piperidine rings is 1. The lowest BCUT2D eigenvalue weighted by molar-refractivity contribution is -0.143. The van der Waals surface area contributed by atoms with Gasteiger partial charge in [-0.3, -0.25) is 4.79 Å². The minimum atomic E-state index is -4.76. The van der Waals surface area contributed by atoms with Crippen LogP contribution < -0.4 is 19.5 Å². The molecular weight excluding hydrogens is 768 g/mol. The number of hydrogen-bond donors (Lipinski definition) is 1. The summed E-state index contributed by atoms with van der Waals surface area (Å²) in [4.78, 5) is 23.0. The number of ether oxygens (including phenoxy) is 4. The maximum Gasteiger partial charge on any atom is 0.416 e. The highest BCUT2D eigenvalue weighted by Gasteiger charge is 2.43. The molecular formula is C42H53F6N5O5. The summed E-state index contributed by atoms with van der Waals surface area (Å²) in [5.41, 5.74) is 0.125. The molecule has 1 amide bonds. The molecule has 0 saturated carbocycles. The number of benzene rings is 3. The number of aromatic nitrogens is 2. The molecule has 6 rings (SSSR count). The number of imidazole rings is 1. The fourth-order valence-corrected chi connectivity index (χ4v) is 7.51. The van der Waals surface area contributed by atoms with Crippen LogP contribution >= 0.6 is 0 Å². The van der Waals surface area contributed by atoms with Crippen LogP contribution in [0, 0.1) is 12.3 Å². The third-order valence-electron chi connectivity index (χ3n) is 10.8. The Labute approximate surface area is 335 Å². The number of fused-ring (bicyclic) bond motifs is 1. The number of aryl methyl sites for hydroxylation is 1. The van der Waals surface area contributed by atoms with E-state index in [0.717, 1.165) is 81.0 Å². The summed E-state index contributed by atoms with van der Waals surface area (Å²) in [5.74, 6) is 2.92. The van der Waals surface area contributed by atoms with Crippen LogP contribution in [-0.2, 0) is 35.0 Å². The topological polar surface area (TPSA) is 90.3 Å². The van der Waals surface area contributed by atoms with E-state index in [1.54, 1.807) is 21.3 Å². The summed E-state index contributed by atoms with van der Waals surface area (Å²) in [5, 5.41) is 3.73. The number of nitrogens with one attached hydrogen (secondary N) is 1. The normalized spacial score (nSPS) is 18.0. The number of likely N-dealkylation sites (tertiary alicyclic amines) is 2. The SMILES string of the molecule is CCOCCn1c(NC2CCN(CCC3(C)CCN(Cc4cc(OC)c(OC)c(OC)c4)C3=O)CC2)nc2ccccc21.Cc1cc(C(F)(F)F)cc(C(F)(F)F)c1. The van der Waals surface area contributed by atoms with Crippen molar-refractivity contribution in [3.05, 3.63) is 76.9 Å². The first kappa shape index (κ1) is 44.4. The monoisotopic (exact) mass is 821 g/mol. The molecule has 10 nitrogen and oxygen atoms in total. The van der Waals surface area contributed by atoms with Crippen molar-refractivity contribution < 1.29 is 50.1 Å². The molecule has 2 fully saturated rings. The Morgan fingerprint density at radius 1 is 0.862 bits per heavy atom. The molecule has 2 aliphatic rings. The maximum atomic E-state index is 13.6. The molecule has 58 heavy (non-hydrogen) atoms. The van der Waals surface area contributed by atoms with Gasteiger partial charge in [0.05, 0.1) is 50.1 Å². The number of alkyl halides is 6. The summed E-state index contributed by atoms with van der Waals surface area (Å²) in [6.07, 6.45) is -5.69. The Bertz CT molecular complexity index is 1940. The van der Waals surface area contributed by atoms with Crippen molar-refractivity contribution in [3.8, 4) is 17.2 Å². The van der Waals surface area contributed by atoms with Crippen molar-refractivity contribution >= 4 is 22.9 Å². The predicted octanol–water partition coefficient (Wildman–Crippen LogP) is 8.84. The Morgan fingerprint density at radius 3 is 2.05 bits per heavy atom. The van der Waals surface area contributed by atoms with Crippen LogP contribution in [0.4, 0.5) is 32.3 Å². The van der Waals surface area contributed by atoms with Crippen LogP contribution in [0.1, 0.15) is 61.8 Å². The largest absolute Gasteiger partial charge is 0.493 e. The lowest BCUT2D eigenvalue weighted by Gasteiger charge is -2.34. The average Bonchev–Trinajstić information content (AvgIpc) is 3.68. The standard InChI is InChI=1S/C33H47N5O5.C9H6F6/c1-6-43-20-19-38-27-10-8-7-9-26(27)35-32(38)34-25-11-15-36(16-12-25)17-13-33(2)14-18-37(31(33)39)23-24-21-28(40-3)30(42-5)29(22-24)41-4;1-5-2-6(8(10,11)12)4-7(3-5)9(13,14)15/h7-10,21-22,25H,6,11-20,23H2,1-5H3,(H,34,35);2-4H,1H3. The van der Waals surface area contributed by atoms with Crippen molar-refractivity contribution in [2.75, 3.05) is 66.0 Å². The number of hydrogen-bond acceptors (Lipinski definition) is 8. The maximum absolute atomic E-state index is 13.6. The number of halogens is 6. The van der Waals surface area contributed by atoms with E-state index in [4.69, 9.17) is 23.9 Å². The quantitative estimate of drug-likeness (QED) is 0.0998. The molecule has 0 spiro atoms. The Morgan fingerprint density at radius 2 is 1.48 bits per heavy atom. The van der Waals surface area contributed by atoms with E-state index in [1.807, 2.05) is 30.0 Å². The van der Waals surface area contributed by atoms with Gasteiger partial charge >= 0.3 is 12.4 Å². The zero-order valence-corrected chi connectivity index (χ0v) is 33.9. The van der Waals surface area contributed by atoms with E-state index in [-0.39, 0.29) is 23.0 Å². The van der Waals surface area contributed by atoms with Gasteiger partial charge in [0, 0.05) is 50.8 Å². The Kier molecular flexibility index (Phi) is 14.5. The molecule has 3 heterocycles. The number of carbonyl (C=O) groups excluding carboxylic acids is 1. The van der Waals surface area contributed by atoms with Gasteiger partial charge in [0.1, 0.15) is 0 Å².